The first-order chi connectivity index (χ1) is 8.45. The number of hydrogen-bond donors (Lipinski definition) is 3. The van der Waals surface area contributed by atoms with Gasteiger partial charge in [0.2, 0.25) is 0 Å². The number of carboxylic acids is 1. The summed E-state index contributed by atoms with van der Waals surface area (Å²) in [5.74, 6) is -0.924. The Labute approximate surface area is 113 Å². The third-order valence-electron chi connectivity index (χ3n) is 2.85. The van der Waals surface area contributed by atoms with Crippen LogP contribution < -0.4 is 10.6 Å². The van der Waals surface area contributed by atoms with Crippen LogP contribution in [0.4, 0.5) is 4.79 Å². The number of aliphatic carboxylic acids is 1. The fraction of sp³-hybridized carbons (Fsp3) is 0.818. The molecule has 7 nitrogen and oxygen atoms in total. The molecule has 0 aliphatic carbocycles. The van der Waals surface area contributed by atoms with Gasteiger partial charge in [-0.15, -0.1) is 0 Å². The molecule has 0 bridgehead atoms. The highest BCUT2D eigenvalue weighted by molar-refractivity contribution is 7.92. The van der Waals surface area contributed by atoms with Crippen LogP contribution >= 0.6 is 0 Å². The number of urea groups is 1. The molecule has 0 aromatic heterocycles. The van der Waals surface area contributed by atoms with E-state index in [0.29, 0.717) is 6.42 Å². The van der Waals surface area contributed by atoms with Gasteiger partial charge in [-0.05, 0) is 27.2 Å². The molecule has 1 atom stereocenters. The average molecular weight is 294 g/mol. The molecule has 2 amide bonds. The second-order valence-corrected chi connectivity index (χ2v) is 7.84. The predicted molar refractivity (Wildman–Crippen MR) is 71.8 cm³/mol. The van der Waals surface area contributed by atoms with Crippen LogP contribution in [0.1, 0.15) is 33.6 Å². The van der Waals surface area contributed by atoms with E-state index in [9.17, 15) is 18.0 Å². The SMILES string of the molecule is CC(CCC(=O)O)NC(=O)NCC(C)(C)S(C)(=O)=O. The number of nitrogens with one attached hydrogen (secondary N) is 2. The van der Waals surface area contributed by atoms with Crippen molar-refractivity contribution in [2.45, 2.75) is 44.4 Å². The smallest absolute Gasteiger partial charge is 0.315 e. The van der Waals surface area contributed by atoms with Gasteiger partial charge < -0.3 is 15.7 Å². The molecule has 3 N–H and O–H groups in total. The maximum absolute atomic E-state index is 11.5. The third-order valence-corrected chi connectivity index (χ3v) is 5.00. The fourth-order valence-electron chi connectivity index (χ4n) is 1.11. The summed E-state index contributed by atoms with van der Waals surface area (Å²) >= 11 is 0. The summed E-state index contributed by atoms with van der Waals surface area (Å²) in [6, 6.07) is -0.799. The number of rotatable bonds is 7. The topological polar surface area (TPSA) is 113 Å². The average Bonchev–Trinajstić information content (AvgIpc) is 2.22. The molecule has 0 aliphatic rings. The summed E-state index contributed by atoms with van der Waals surface area (Å²) in [5.41, 5.74) is 0. The Kier molecular flexibility index (Phi) is 6.28. The highest BCUT2D eigenvalue weighted by Crippen LogP contribution is 2.13. The number of hydrogen-bond acceptors (Lipinski definition) is 4. The Balaban J connectivity index is 4.16. The van der Waals surface area contributed by atoms with Crippen LogP contribution in [0.25, 0.3) is 0 Å². The van der Waals surface area contributed by atoms with Gasteiger partial charge in [-0.25, -0.2) is 13.2 Å². The lowest BCUT2D eigenvalue weighted by Gasteiger charge is -2.23. The van der Waals surface area contributed by atoms with E-state index in [4.69, 9.17) is 5.11 Å². The van der Waals surface area contributed by atoms with Crippen LogP contribution in [0.15, 0.2) is 0 Å². The van der Waals surface area contributed by atoms with E-state index in [0.717, 1.165) is 6.26 Å². The van der Waals surface area contributed by atoms with Crippen LogP contribution in [0, 0.1) is 0 Å². The maximum atomic E-state index is 11.5. The molecular weight excluding hydrogens is 272 g/mol. The van der Waals surface area contributed by atoms with Gasteiger partial charge in [0.1, 0.15) is 0 Å². The van der Waals surface area contributed by atoms with E-state index >= 15 is 0 Å². The number of amides is 2. The van der Waals surface area contributed by atoms with Crippen molar-refractivity contribution in [2.24, 2.45) is 0 Å². The van der Waals surface area contributed by atoms with E-state index in [1.165, 1.54) is 13.8 Å². The Morgan fingerprint density at radius 3 is 2.26 bits per heavy atom. The minimum atomic E-state index is -3.27. The molecule has 0 saturated heterocycles. The van der Waals surface area contributed by atoms with Crippen molar-refractivity contribution in [2.75, 3.05) is 12.8 Å². The van der Waals surface area contributed by atoms with Crippen molar-refractivity contribution in [1.82, 2.24) is 10.6 Å². The highest BCUT2D eigenvalue weighted by atomic mass is 32.2. The first-order valence-corrected chi connectivity index (χ1v) is 7.80. The van der Waals surface area contributed by atoms with Crippen LogP contribution in [-0.2, 0) is 14.6 Å². The molecule has 0 aromatic rings. The van der Waals surface area contributed by atoms with Gasteiger partial charge in [-0.1, -0.05) is 0 Å². The molecule has 0 heterocycles. The summed E-state index contributed by atoms with van der Waals surface area (Å²) in [4.78, 5) is 21.9. The second kappa shape index (κ2) is 6.74. The van der Waals surface area contributed by atoms with E-state index < -0.39 is 26.6 Å². The first kappa shape index (κ1) is 17.7. The largest absolute Gasteiger partial charge is 0.481 e. The van der Waals surface area contributed by atoms with Gasteiger partial charge in [0.15, 0.2) is 9.84 Å². The molecule has 0 spiro atoms. The van der Waals surface area contributed by atoms with Crippen molar-refractivity contribution in [3.8, 4) is 0 Å². The summed E-state index contributed by atoms with van der Waals surface area (Å²) in [6.07, 6.45) is 1.40. The molecule has 0 aromatic carbocycles. The summed E-state index contributed by atoms with van der Waals surface area (Å²) in [6.45, 7) is 4.72. The number of carbonyl (C=O) groups is 2. The molecule has 0 saturated carbocycles. The molecule has 0 rings (SSSR count). The van der Waals surface area contributed by atoms with Gasteiger partial charge in [-0.2, -0.15) is 0 Å². The van der Waals surface area contributed by atoms with Crippen LogP contribution in [0.3, 0.4) is 0 Å². The number of sulfone groups is 1. The molecule has 19 heavy (non-hydrogen) atoms. The zero-order valence-electron chi connectivity index (χ0n) is 11.7. The molecule has 0 fully saturated rings. The quantitative estimate of drug-likeness (QED) is 0.627. The second-order valence-electron chi connectivity index (χ2n) is 5.19. The van der Waals surface area contributed by atoms with Crippen molar-refractivity contribution < 1.29 is 23.1 Å². The zero-order chi connectivity index (χ0) is 15.3. The van der Waals surface area contributed by atoms with Gasteiger partial charge in [0.05, 0.1) is 4.75 Å². The highest BCUT2D eigenvalue weighted by Gasteiger charge is 2.30. The Morgan fingerprint density at radius 1 is 1.32 bits per heavy atom. The van der Waals surface area contributed by atoms with Gasteiger partial charge in [0, 0.05) is 25.3 Å². The first-order valence-electron chi connectivity index (χ1n) is 5.91. The molecular formula is C11H22N2O5S. The molecule has 112 valence electrons. The van der Waals surface area contributed by atoms with Crippen molar-refractivity contribution in [1.29, 1.82) is 0 Å². The summed E-state index contributed by atoms with van der Waals surface area (Å²) in [7, 11) is -3.27. The Morgan fingerprint density at radius 2 is 1.84 bits per heavy atom. The number of carboxylic acid groups (broad SMARTS) is 1. The van der Waals surface area contributed by atoms with Crippen molar-refractivity contribution in [3.63, 3.8) is 0 Å². The van der Waals surface area contributed by atoms with E-state index in [1.807, 2.05) is 0 Å². The van der Waals surface area contributed by atoms with E-state index in [1.54, 1.807) is 6.92 Å². The van der Waals surface area contributed by atoms with Crippen LogP contribution in [0.5, 0.6) is 0 Å². The van der Waals surface area contributed by atoms with Crippen LogP contribution in [0.2, 0.25) is 0 Å². The Bertz CT molecular complexity index is 430. The van der Waals surface area contributed by atoms with E-state index in [2.05, 4.69) is 10.6 Å². The van der Waals surface area contributed by atoms with Gasteiger partial charge in [-0.3, -0.25) is 4.79 Å². The minimum Gasteiger partial charge on any atom is -0.481 e. The molecule has 0 aliphatic heterocycles. The van der Waals surface area contributed by atoms with Gasteiger partial charge in [0.25, 0.3) is 0 Å². The molecule has 1 unspecified atom stereocenters. The zero-order valence-corrected chi connectivity index (χ0v) is 12.5. The lowest BCUT2D eigenvalue weighted by atomic mass is 10.2. The number of carbonyl (C=O) groups excluding carboxylic acids is 1. The monoisotopic (exact) mass is 294 g/mol. The van der Waals surface area contributed by atoms with Crippen LogP contribution in [-0.4, -0.2) is 49.1 Å². The lowest BCUT2D eigenvalue weighted by Crippen LogP contribution is -2.48. The molecule has 0 radical (unpaired) electrons. The van der Waals surface area contributed by atoms with Crippen molar-refractivity contribution in [3.05, 3.63) is 0 Å². The van der Waals surface area contributed by atoms with Gasteiger partial charge >= 0.3 is 12.0 Å². The maximum Gasteiger partial charge on any atom is 0.315 e. The summed E-state index contributed by atoms with van der Waals surface area (Å²) in [5, 5.41) is 13.5. The third kappa shape index (κ3) is 7.00. The fourth-order valence-corrected chi connectivity index (χ4v) is 1.45. The Hall–Kier alpha value is -1.31. The van der Waals surface area contributed by atoms with Crippen molar-refractivity contribution >= 4 is 21.8 Å². The van der Waals surface area contributed by atoms with E-state index in [-0.39, 0.29) is 19.0 Å². The minimum absolute atomic E-state index is 0.0106. The summed E-state index contributed by atoms with van der Waals surface area (Å²) < 4.78 is 21.8. The predicted octanol–water partition coefficient (Wildman–Crippen LogP) is 0.362. The molecule has 8 heteroatoms. The lowest BCUT2D eigenvalue weighted by molar-refractivity contribution is -0.137. The normalized spacial score (nSPS) is 13.7. The standard InChI is InChI=1S/C11H22N2O5S/c1-8(5-6-9(14)15)13-10(16)12-7-11(2,3)19(4,17)18/h8H,5-7H2,1-4H3,(H,14,15)(H2,12,13,16).